The molecule has 0 aliphatic rings. The normalized spacial score (nSPS) is 11.0. The van der Waals surface area contributed by atoms with Crippen molar-refractivity contribution in [2.45, 2.75) is 5.75 Å². The molecular weight excluding hydrogens is 357 g/mol. The molecule has 0 amide bonds. The van der Waals surface area contributed by atoms with Crippen molar-refractivity contribution in [2.75, 3.05) is 11.3 Å². The Morgan fingerprint density at radius 1 is 1.09 bits per heavy atom. The molecule has 122 valence electrons. The van der Waals surface area contributed by atoms with E-state index < -0.39 is 10.0 Å². The van der Waals surface area contributed by atoms with Gasteiger partial charge in [0.2, 0.25) is 10.0 Å². The van der Waals surface area contributed by atoms with Gasteiger partial charge in [-0.25, -0.2) is 8.42 Å². The highest BCUT2D eigenvalue weighted by molar-refractivity contribution is 7.91. The third-order valence-electron chi connectivity index (χ3n) is 2.89. The Kier molecular flexibility index (Phi) is 5.93. The van der Waals surface area contributed by atoms with Crippen molar-refractivity contribution >= 4 is 38.9 Å². The SMILES string of the molecule is C=CCOc1ccc(NS(=O)(=O)Cc2c(Cl)cccc2Cl)cc1. The van der Waals surface area contributed by atoms with Gasteiger partial charge in [0.05, 0.1) is 5.75 Å². The monoisotopic (exact) mass is 371 g/mol. The first-order valence-electron chi connectivity index (χ1n) is 6.68. The zero-order chi connectivity index (χ0) is 16.9. The van der Waals surface area contributed by atoms with E-state index in [-0.39, 0.29) is 5.75 Å². The van der Waals surface area contributed by atoms with Gasteiger partial charge in [-0.1, -0.05) is 41.9 Å². The first-order chi connectivity index (χ1) is 10.9. The molecule has 0 fully saturated rings. The first kappa shape index (κ1) is 17.7. The van der Waals surface area contributed by atoms with Crippen molar-refractivity contribution in [3.63, 3.8) is 0 Å². The molecule has 7 heteroatoms. The topological polar surface area (TPSA) is 55.4 Å². The highest BCUT2D eigenvalue weighted by Gasteiger charge is 2.16. The van der Waals surface area contributed by atoms with Crippen LogP contribution in [0.4, 0.5) is 5.69 Å². The summed E-state index contributed by atoms with van der Waals surface area (Å²) in [6, 6.07) is 11.4. The van der Waals surface area contributed by atoms with Crippen LogP contribution in [0.25, 0.3) is 0 Å². The maximum Gasteiger partial charge on any atom is 0.237 e. The molecule has 2 aromatic carbocycles. The van der Waals surface area contributed by atoms with E-state index in [1.165, 1.54) is 0 Å². The minimum atomic E-state index is -3.64. The summed E-state index contributed by atoms with van der Waals surface area (Å²) in [4.78, 5) is 0. The number of hydrogen-bond donors (Lipinski definition) is 1. The van der Waals surface area contributed by atoms with E-state index in [9.17, 15) is 8.42 Å². The summed E-state index contributed by atoms with van der Waals surface area (Å²) >= 11 is 12.0. The minimum absolute atomic E-state index is 0.305. The van der Waals surface area contributed by atoms with Crippen LogP contribution in [-0.4, -0.2) is 15.0 Å². The fourth-order valence-electron chi connectivity index (χ4n) is 1.85. The highest BCUT2D eigenvalue weighted by atomic mass is 35.5. The minimum Gasteiger partial charge on any atom is -0.490 e. The van der Waals surface area contributed by atoms with Crippen molar-refractivity contribution in [3.05, 3.63) is 70.7 Å². The molecule has 4 nitrogen and oxygen atoms in total. The fourth-order valence-corrected chi connectivity index (χ4v) is 3.80. The lowest BCUT2D eigenvalue weighted by molar-refractivity contribution is 0.363. The number of nitrogens with one attached hydrogen (secondary N) is 1. The van der Waals surface area contributed by atoms with E-state index in [0.29, 0.717) is 33.7 Å². The molecule has 0 spiro atoms. The third-order valence-corrected chi connectivity index (χ3v) is 4.82. The average Bonchev–Trinajstić information content (AvgIpc) is 2.50. The van der Waals surface area contributed by atoms with Crippen molar-refractivity contribution in [1.82, 2.24) is 0 Å². The predicted molar refractivity (Wildman–Crippen MR) is 94.8 cm³/mol. The zero-order valence-corrected chi connectivity index (χ0v) is 14.5. The molecule has 0 heterocycles. The molecule has 0 radical (unpaired) electrons. The van der Waals surface area contributed by atoms with E-state index in [4.69, 9.17) is 27.9 Å². The van der Waals surface area contributed by atoms with Crippen LogP contribution in [0.1, 0.15) is 5.56 Å². The Balaban J connectivity index is 2.10. The van der Waals surface area contributed by atoms with Crippen LogP contribution < -0.4 is 9.46 Å². The van der Waals surface area contributed by atoms with E-state index in [2.05, 4.69) is 11.3 Å². The van der Waals surface area contributed by atoms with Gasteiger partial charge in [0.15, 0.2) is 0 Å². The van der Waals surface area contributed by atoms with Crippen LogP contribution in [0, 0.1) is 0 Å². The number of sulfonamides is 1. The van der Waals surface area contributed by atoms with Gasteiger partial charge in [0.1, 0.15) is 12.4 Å². The van der Waals surface area contributed by atoms with Gasteiger partial charge < -0.3 is 4.74 Å². The molecule has 2 aromatic rings. The number of anilines is 1. The molecule has 0 aromatic heterocycles. The van der Waals surface area contributed by atoms with Crippen LogP contribution in [-0.2, 0) is 15.8 Å². The average molecular weight is 372 g/mol. The summed E-state index contributed by atoms with van der Waals surface area (Å²) in [6.45, 7) is 3.94. The standard InChI is InChI=1S/C16H15Cl2NO3S/c1-2-10-22-13-8-6-12(7-9-13)19-23(20,21)11-14-15(17)4-3-5-16(14)18/h2-9,19H,1,10-11H2. The molecule has 0 saturated heterocycles. The third kappa shape index (κ3) is 5.16. The Hall–Kier alpha value is -1.69. The Morgan fingerprint density at radius 3 is 2.26 bits per heavy atom. The van der Waals surface area contributed by atoms with Gasteiger partial charge >= 0.3 is 0 Å². The summed E-state index contributed by atoms with van der Waals surface area (Å²) in [5, 5.41) is 0.632. The number of ether oxygens (including phenoxy) is 1. The summed E-state index contributed by atoms with van der Waals surface area (Å²) < 4.78 is 32.3. The lowest BCUT2D eigenvalue weighted by Gasteiger charge is -2.11. The van der Waals surface area contributed by atoms with Gasteiger partial charge in [0.25, 0.3) is 0 Å². The second-order valence-corrected chi connectivity index (χ2v) is 7.22. The maximum absolute atomic E-state index is 12.3. The largest absolute Gasteiger partial charge is 0.490 e. The second-order valence-electron chi connectivity index (χ2n) is 4.69. The van der Waals surface area contributed by atoms with Gasteiger partial charge in [-0.2, -0.15) is 0 Å². The molecule has 23 heavy (non-hydrogen) atoms. The molecule has 0 aliphatic heterocycles. The predicted octanol–water partition coefficient (Wildman–Crippen LogP) is 4.50. The number of rotatable bonds is 7. The van der Waals surface area contributed by atoms with Crippen LogP contribution in [0.3, 0.4) is 0 Å². The maximum atomic E-state index is 12.3. The molecule has 0 saturated carbocycles. The van der Waals surface area contributed by atoms with Gasteiger partial charge in [-0.05, 0) is 36.4 Å². The molecule has 0 bridgehead atoms. The molecule has 0 unspecified atom stereocenters. The van der Waals surface area contributed by atoms with Crippen LogP contribution in [0.15, 0.2) is 55.1 Å². The molecule has 1 N–H and O–H groups in total. The van der Waals surface area contributed by atoms with E-state index in [1.54, 1.807) is 48.5 Å². The van der Waals surface area contributed by atoms with Gasteiger partial charge in [0, 0.05) is 21.3 Å². The highest BCUT2D eigenvalue weighted by Crippen LogP contribution is 2.27. The van der Waals surface area contributed by atoms with E-state index in [0.717, 1.165) is 0 Å². The molecule has 0 aliphatic carbocycles. The van der Waals surface area contributed by atoms with Crippen molar-refractivity contribution < 1.29 is 13.2 Å². The van der Waals surface area contributed by atoms with Crippen molar-refractivity contribution in [1.29, 1.82) is 0 Å². The van der Waals surface area contributed by atoms with Crippen molar-refractivity contribution in [2.24, 2.45) is 0 Å². The second kappa shape index (κ2) is 7.73. The van der Waals surface area contributed by atoms with Crippen LogP contribution >= 0.6 is 23.2 Å². The molecule has 0 atom stereocenters. The number of halogens is 2. The van der Waals surface area contributed by atoms with Gasteiger partial charge in [-0.15, -0.1) is 0 Å². The summed E-state index contributed by atoms with van der Waals surface area (Å²) in [6.07, 6.45) is 1.63. The summed E-state index contributed by atoms with van der Waals surface area (Å²) in [7, 11) is -3.64. The number of hydrogen-bond acceptors (Lipinski definition) is 3. The first-order valence-corrected chi connectivity index (χ1v) is 9.09. The van der Waals surface area contributed by atoms with E-state index >= 15 is 0 Å². The smallest absolute Gasteiger partial charge is 0.237 e. The molecule has 2 rings (SSSR count). The quantitative estimate of drug-likeness (QED) is 0.728. The van der Waals surface area contributed by atoms with Crippen molar-refractivity contribution in [3.8, 4) is 5.75 Å². The summed E-state index contributed by atoms with van der Waals surface area (Å²) in [5.41, 5.74) is 0.799. The zero-order valence-electron chi connectivity index (χ0n) is 12.1. The van der Waals surface area contributed by atoms with Crippen LogP contribution in [0.5, 0.6) is 5.75 Å². The Labute approximate surface area is 145 Å². The Bertz CT molecular complexity index is 769. The molecular formula is C16H15Cl2NO3S. The van der Waals surface area contributed by atoms with E-state index in [1.807, 2.05) is 0 Å². The fraction of sp³-hybridized carbons (Fsp3) is 0.125. The van der Waals surface area contributed by atoms with Gasteiger partial charge in [-0.3, -0.25) is 4.72 Å². The van der Waals surface area contributed by atoms with Crippen LogP contribution in [0.2, 0.25) is 10.0 Å². The lowest BCUT2D eigenvalue weighted by Crippen LogP contribution is -2.15. The Morgan fingerprint density at radius 2 is 1.70 bits per heavy atom. The summed E-state index contributed by atoms with van der Waals surface area (Å²) in [5.74, 6) is 0.322. The number of benzene rings is 2. The lowest BCUT2D eigenvalue weighted by atomic mass is 10.2.